The lowest BCUT2D eigenvalue weighted by atomic mass is 9.81. The molecule has 1 aromatic rings. The van der Waals surface area contributed by atoms with Crippen molar-refractivity contribution in [1.82, 2.24) is 4.90 Å². The molecular formula is C20H23FN2O4. The quantitative estimate of drug-likeness (QED) is 0.866. The van der Waals surface area contributed by atoms with E-state index in [1.807, 2.05) is 0 Å². The molecule has 4 atom stereocenters. The number of primary amides is 1. The van der Waals surface area contributed by atoms with Crippen LogP contribution in [0.1, 0.15) is 47.5 Å². The third-order valence-corrected chi connectivity index (χ3v) is 6.10. The molecule has 2 aliphatic heterocycles. The van der Waals surface area contributed by atoms with Gasteiger partial charge in [0.2, 0.25) is 11.8 Å². The highest BCUT2D eigenvalue weighted by Gasteiger charge is 2.54. The lowest BCUT2D eigenvalue weighted by Gasteiger charge is -2.31. The summed E-state index contributed by atoms with van der Waals surface area (Å²) in [6, 6.07) is 5.97. The first-order chi connectivity index (χ1) is 13.0. The number of benzene rings is 1. The largest absolute Gasteiger partial charge is 0.366 e. The third kappa shape index (κ3) is 3.04. The zero-order valence-corrected chi connectivity index (χ0v) is 15.0. The predicted octanol–water partition coefficient (Wildman–Crippen LogP) is 1.58. The van der Waals surface area contributed by atoms with E-state index in [2.05, 4.69) is 0 Å². The standard InChI is InChI=1S/C20H23FN2O4/c21-14-9-23(17-15(24)10-27-18(14)17)20(26)16(11-5-1-2-6-11)12-7-3-4-8-13(12)19(22)25/h3-4,7-8,11,14,16-18H,1-2,5-6,9-10H2,(H2,22,25)/t14-,16-,17+,18+/m0/s1. The van der Waals surface area contributed by atoms with E-state index in [1.165, 1.54) is 4.90 Å². The van der Waals surface area contributed by atoms with Gasteiger partial charge in [0.15, 0.2) is 5.78 Å². The second-order valence-corrected chi connectivity index (χ2v) is 7.67. The molecule has 3 aliphatic rings. The lowest BCUT2D eigenvalue weighted by molar-refractivity contribution is -0.138. The summed E-state index contributed by atoms with van der Waals surface area (Å²) in [4.78, 5) is 39.0. The molecule has 6 nitrogen and oxygen atoms in total. The zero-order chi connectivity index (χ0) is 19.1. The van der Waals surface area contributed by atoms with Gasteiger partial charge in [-0.05, 0) is 30.4 Å². The Balaban J connectivity index is 1.73. The fraction of sp³-hybridized carbons (Fsp3) is 0.550. The Bertz CT molecular complexity index is 777. The van der Waals surface area contributed by atoms with Crippen LogP contribution in [0.3, 0.4) is 0 Å². The number of ether oxygens (including phenoxy) is 1. The van der Waals surface area contributed by atoms with Gasteiger partial charge in [0.25, 0.3) is 0 Å². The number of amides is 2. The predicted molar refractivity (Wildman–Crippen MR) is 94.8 cm³/mol. The van der Waals surface area contributed by atoms with Crippen LogP contribution in [0.15, 0.2) is 24.3 Å². The number of fused-ring (bicyclic) bond motifs is 1. The first-order valence-corrected chi connectivity index (χ1v) is 9.46. The average molecular weight is 374 g/mol. The van der Waals surface area contributed by atoms with Gasteiger partial charge in [0.05, 0.1) is 12.5 Å². The molecule has 144 valence electrons. The third-order valence-electron chi connectivity index (χ3n) is 6.10. The fourth-order valence-corrected chi connectivity index (χ4v) is 4.87. The minimum absolute atomic E-state index is 0.0486. The molecule has 1 saturated carbocycles. The molecule has 0 spiro atoms. The summed E-state index contributed by atoms with van der Waals surface area (Å²) in [6.45, 7) is -0.312. The summed E-state index contributed by atoms with van der Waals surface area (Å²) in [7, 11) is 0. The smallest absolute Gasteiger partial charge is 0.249 e. The maximum Gasteiger partial charge on any atom is 0.249 e. The summed E-state index contributed by atoms with van der Waals surface area (Å²) in [6.07, 6.45) is 1.47. The van der Waals surface area contributed by atoms with Gasteiger partial charge < -0.3 is 15.4 Å². The number of carbonyl (C=O) groups is 3. The number of hydrogen-bond donors (Lipinski definition) is 1. The van der Waals surface area contributed by atoms with Crippen molar-refractivity contribution in [2.24, 2.45) is 11.7 Å². The van der Waals surface area contributed by atoms with Crippen molar-refractivity contribution in [3.05, 3.63) is 35.4 Å². The second-order valence-electron chi connectivity index (χ2n) is 7.67. The molecule has 1 aliphatic carbocycles. The Labute approximate surface area is 156 Å². The van der Waals surface area contributed by atoms with E-state index in [4.69, 9.17) is 10.5 Å². The van der Waals surface area contributed by atoms with Crippen molar-refractivity contribution in [2.75, 3.05) is 13.2 Å². The van der Waals surface area contributed by atoms with Crippen LogP contribution in [0.2, 0.25) is 0 Å². The summed E-state index contributed by atoms with van der Waals surface area (Å²) >= 11 is 0. The van der Waals surface area contributed by atoms with Crippen LogP contribution in [-0.4, -0.2) is 54.0 Å². The zero-order valence-electron chi connectivity index (χ0n) is 15.0. The Morgan fingerprint density at radius 3 is 2.63 bits per heavy atom. The van der Waals surface area contributed by atoms with Crippen molar-refractivity contribution < 1.29 is 23.5 Å². The van der Waals surface area contributed by atoms with E-state index in [1.54, 1.807) is 24.3 Å². The molecule has 0 radical (unpaired) electrons. The highest BCUT2D eigenvalue weighted by molar-refractivity contribution is 5.99. The number of carbonyl (C=O) groups excluding carboxylic acids is 3. The van der Waals surface area contributed by atoms with E-state index in [0.29, 0.717) is 11.1 Å². The van der Waals surface area contributed by atoms with Crippen molar-refractivity contribution in [2.45, 2.75) is 49.9 Å². The van der Waals surface area contributed by atoms with Crippen LogP contribution in [0.4, 0.5) is 4.39 Å². The molecule has 4 rings (SSSR count). The second kappa shape index (κ2) is 7.03. The number of nitrogens with zero attached hydrogens (tertiary/aromatic N) is 1. The van der Waals surface area contributed by atoms with Gasteiger partial charge in [-0.25, -0.2) is 4.39 Å². The molecular weight excluding hydrogens is 351 g/mol. The van der Waals surface area contributed by atoms with Crippen LogP contribution >= 0.6 is 0 Å². The number of hydrogen-bond acceptors (Lipinski definition) is 4. The Hall–Kier alpha value is -2.28. The minimum atomic E-state index is -1.37. The summed E-state index contributed by atoms with van der Waals surface area (Å²) < 4.78 is 19.6. The molecule has 0 aromatic heterocycles. The molecule has 2 amide bonds. The number of alkyl halides is 1. The van der Waals surface area contributed by atoms with Crippen LogP contribution in [0, 0.1) is 5.92 Å². The van der Waals surface area contributed by atoms with Crippen molar-refractivity contribution >= 4 is 17.6 Å². The van der Waals surface area contributed by atoms with Crippen molar-refractivity contribution in [3.63, 3.8) is 0 Å². The number of likely N-dealkylation sites (tertiary alicyclic amines) is 1. The molecule has 27 heavy (non-hydrogen) atoms. The van der Waals surface area contributed by atoms with Gasteiger partial charge in [-0.1, -0.05) is 31.0 Å². The molecule has 0 unspecified atom stereocenters. The number of ketones is 1. The van der Waals surface area contributed by atoms with Gasteiger partial charge >= 0.3 is 0 Å². The molecule has 2 N–H and O–H groups in total. The van der Waals surface area contributed by atoms with Crippen LogP contribution in [-0.2, 0) is 14.3 Å². The Morgan fingerprint density at radius 2 is 1.93 bits per heavy atom. The first kappa shape index (κ1) is 18.1. The SMILES string of the molecule is NC(=O)c1ccccc1[C@@H](C(=O)N1C[C@H](F)[C@H]2OCC(=O)[C@H]21)C1CCCC1. The number of halogens is 1. The molecule has 2 saturated heterocycles. The van der Waals surface area contributed by atoms with E-state index in [9.17, 15) is 18.8 Å². The van der Waals surface area contributed by atoms with E-state index in [-0.39, 0.29) is 30.8 Å². The van der Waals surface area contributed by atoms with Gasteiger partial charge in [-0.15, -0.1) is 0 Å². The number of nitrogens with two attached hydrogens (primary N) is 1. The van der Waals surface area contributed by atoms with Crippen molar-refractivity contribution in [3.8, 4) is 0 Å². The molecule has 3 fully saturated rings. The van der Waals surface area contributed by atoms with Crippen LogP contribution in [0.5, 0.6) is 0 Å². The highest BCUT2D eigenvalue weighted by atomic mass is 19.1. The number of rotatable bonds is 4. The first-order valence-electron chi connectivity index (χ1n) is 9.46. The van der Waals surface area contributed by atoms with Gasteiger partial charge in [-0.3, -0.25) is 14.4 Å². The molecule has 0 bridgehead atoms. The average Bonchev–Trinajstić information content (AvgIpc) is 3.36. The summed E-state index contributed by atoms with van der Waals surface area (Å²) in [5.41, 5.74) is 6.42. The van der Waals surface area contributed by atoms with Gasteiger partial charge in [-0.2, -0.15) is 0 Å². The van der Waals surface area contributed by atoms with Gasteiger partial charge in [0.1, 0.15) is 24.9 Å². The van der Waals surface area contributed by atoms with Crippen LogP contribution in [0.25, 0.3) is 0 Å². The summed E-state index contributed by atoms with van der Waals surface area (Å²) in [5.74, 6) is -1.71. The molecule has 1 aromatic carbocycles. The van der Waals surface area contributed by atoms with Crippen molar-refractivity contribution in [1.29, 1.82) is 0 Å². The fourth-order valence-electron chi connectivity index (χ4n) is 4.87. The van der Waals surface area contributed by atoms with E-state index in [0.717, 1.165) is 25.7 Å². The maximum atomic E-state index is 14.4. The Kier molecular flexibility index (Phi) is 4.72. The Morgan fingerprint density at radius 1 is 1.22 bits per heavy atom. The minimum Gasteiger partial charge on any atom is -0.366 e. The summed E-state index contributed by atoms with van der Waals surface area (Å²) in [5, 5.41) is 0. The highest BCUT2D eigenvalue weighted by Crippen LogP contribution is 2.41. The normalized spacial score (nSPS) is 29.1. The molecule has 7 heteroatoms. The maximum absolute atomic E-state index is 14.4. The van der Waals surface area contributed by atoms with E-state index < -0.39 is 30.1 Å². The van der Waals surface area contributed by atoms with Gasteiger partial charge in [0, 0.05) is 5.56 Å². The topological polar surface area (TPSA) is 89.7 Å². The van der Waals surface area contributed by atoms with Crippen LogP contribution < -0.4 is 5.73 Å². The number of Topliss-reactive ketones (excluding diaryl/α,β-unsaturated/α-hetero) is 1. The monoisotopic (exact) mass is 374 g/mol. The molecule has 2 heterocycles. The lowest BCUT2D eigenvalue weighted by Crippen LogP contribution is -2.45. The van der Waals surface area contributed by atoms with E-state index >= 15 is 0 Å².